The van der Waals surface area contributed by atoms with Crippen molar-refractivity contribution in [2.75, 3.05) is 6.61 Å². The number of esters is 1. The third-order valence-electron chi connectivity index (χ3n) is 1.73. The first kappa shape index (κ1) is 14.3. The van der Waals surface area contributed by atoms with E-state index in [-0.39, 0.29) is 12.8 Å². The SMILES string of the molecule is NC(=O)CC[C@H](N)C(=O)OC[C@H](N)C(=O)O. The van der Waals surface area contributed by atoms with Gasteiger partial charge in [0, 0.05) is 6.42 Å². The zero-order chi connectivity index (χ0) is 12.7. The number of nitrogens with two attached hydrogens (primary N) is 3. The third-order valence-corrected chi connectivity index (χ3v) is 1.73. The van der Waals surface area contributed by atoms with E-state index in [2.05, 4.69) is 4.74 Å². The van der Waals surface area contributed by atoms with Gasteiger partial charge < -0.3 is 27.0 Å². The lowest BCUT2D eigenvalue weighted by Gasteiger charge is -2.12. The number of amides is 1. The Morgan fingerprint density at radius 1 is 1.19 bits per heavy atom. The van der Waals surface area contributed by atoms with E-state index >= 15 is 0 Å². The van der Waals surface area contributed by atoms with Crippen LogP contribution in [0, 0.1) is 0 Å². The molecular formula is C8H15N3O5. The summed E-state index contributed by atoms with van der Waals surface area (Å²) < 4.78 is 4.54. The Balaban J connectivity index is 3.87. The van der Waals surface area contributed by atoms with Crippen molar-refractivity contribution in [2.24, 2.45) is 17.2 Å². The summed E-state index contributed by atoms with van der Waals surface area (Å²) in [6.45, 7) is -0.460. The summed E-state index contributed by atoms with van der Waals surface area (Å²) in [6.07, 6.45) is 0.0116. The van der Waals surface area contributed by atoms with E-state index in [0.717, 1.165) is 0 Å². The van der Waals surface area contributed by atoms with E-state index in [1.165, 1.54) is 0 Å². The van der Waals surface area contributed by atoms with Crippen molar-refractivity contribution in [1.82, 2.24) is 0 Å². The van der Waals surface area contributed by atoms with Crippen LogP contribution in [0.25, 0.3) is 0 Å². The topological polar surface area (TPSA) is 159 Å². The minimum Gasteiger partial charge on any atom is -0.480 e. The third kappa shape index (κ3) is 5.94. The second kappa shape index (κ2) is 6.75. The molecule has 2 atom stereocenters. The molecule has 16 heavy (non-hydrogen) atoms. The number of carboxylic acid groups (broad SMARTS) is 1. The van der Waals surface area contributed by atoms with Crippen molar-refractivity contribution in [3.8, 4) is 0 Å². The Labute approximate surface area is 91.7 Å². The number of ether oxygens (including phenoxy) is 1. The van der Waals surface area contributed by atoms with Crippen molar-refractivity contribution >= 4 is 17.8 Å². The van der Waals surface area contributed by atoms with Crippen LogP contribution in [0.2, 0.25) is 0 Å². The van der Waals surface area contributed by atoms with Crippen molar-refractivity contribution in [2.45, 2.75) is 24.9 Å². The molecule has 92 valence electrons. The molecule has 0 aromatic carbocycles. The molecule has 0 bridgehead atoms. The second-order valence-corrected chi connectivity index (χ2v) is 3.19. The van der Waals surface area contributed by atoms with Crippen molar-refractivity contribution in [1.29, 1.82) is 0 Å². The Morgan fingerprint density at radius 3 is 2.19 bits per heavy atom. The summed E-state index contributed by atoms with van der Waals surface area (Å²) in [4.78, 5) is 31.8. The highest BCUT2D eigenvalue weighted by Gasteiger charge is 2.19. The minimum atomic E-state index is -1.28. The van der Waals surface area contributed by atoms with Gasteiger partial charge in [-0.3, -0.25) is 14.4 Å². The summed E-state index contributed by atoms with van der Waals surface area (Å²) in [5, 5.41) is 8.40. The molecular weight excluding hydrogens is 218 g/mol. The highest BCUT2D eigenvalue weighted by atomic mass is 16.5. The summed E-state index contributed by atoms with van der Waals surface area (Å²) in [7, 11) is 0. The van der Waals surface area contributed by atoms with Gasteiger partial charge >= 0.3 is 11.9 Å². The average molecular weight is 233 g/mol. The number of hydrogen-bond acceptors (Lipinski definition) is 6. The van der Waals surface area contributed by atoms with Crippen molar-refractivity contribution in [3.05, 3.63) is 0 Å². The molecule has 0 aliphatic carbocycles. The molecule has 0 radical (unpaired) electrons. The lowest BCUT2D eigenvalue weighted by atomic mass is 10.1. The molecule has 1 amide bonds. The molecule has 0 aromatic heterocycles. The van der Waals surface area contributed by atoms with Gasteiger partial charge in [-0.1, -0.05) is 0 Å². The molecule has 0 rings (SSSR count). The summed E-state index contributed by atoms with van der Waals surface area (Å²) in [5.41, 5.74) is 15.3. The molecule has 0 saturated heterocycles. The molecule has 7 N–H and O–H groups in total. The predicted octanol–water partition coefficient (Wildman–Crippen LogP) is -2.47. The Kier molecular flexibility index (Phi) is 6.04. The van der Waals surface area contributed by atoms with E-state index in [4.69, 9.17) is 22.3 Å². The van der Waals surface area contributed by atoms with Crippen molar-refractivity contribution in [3.63, 3.8) is 0 Å². The minimum absolute atomic E-state index is 0.0404. The molecule has 0 saturated carbocycles. The van der Waals surface area contributed by atoms with Gasteiger partial charge in [-0.05, 0) is 6.42 Å². The van der Waals surface area contributed by atoms with Crippen molar-refractivity contribution < 1.29 is 24.2 Å². The van der Waals surface area contributed by atoms with Crippen LogP contribution < -0.4 is 17.2 Å². The standard InChI is InChI=1S/C8H15N3O5/c9-4(1-2-6(11)12)8(15)16-3-5(10)7(13)14/h4-5H,1-3,9-10H2,(H2,11,12)(H,13,14)/t4-,5-/m0/s1. The van der Waals surface area contributed by atoms with E-state index in [1.54, 1.807) is 0 Å². The Morgan fingerprint density at radius 2 is 1.75 bits per heavy atom. The normalized spacial score (nSPS) is 13.9. The van der Waals surface area contributed by atoms with Gasteiger partial charge in [0.25, 0.3) is 0 Å². The van der Waals surface area contributed by atoms with Crippen LogP contribution in [0.3, 0.4) is 0 Å². The highest BCUT2D eigenvalue weighted by molar-refractivity contribution is 5.79. The first-order valence-electron chi connectivity index (χ1n) is 4.53. The molecule has 8 heteroatoms. The molecule has 0 aliphatic rings. The maximum atomic E-state index is 11.1. The molecule has 0 aromatic rings. The first-order chi connectivity index (χ1) is 7.34. The fourth-order valence-electron chi connectivity index (χ4n) is 0.766. The quantitative estimate of drug-likeness (QED) is 0.354. The number of rotatable bonds is 7. The average Bonchev–Trinajstić information content (AvgIpc) is 2.21. The maximum absolute atomic E-state index is 11.1. The fraction of sp³-hybridized carbons (Fsp3) is 0.625. The number of carbonyl (C=O) groups excluding carboxylic acids is 2. The highest BCUT2D eigenvalue weighted by Crippen LogP contribution is 1.97. The van der Waals surface area contributed by atoms with Crippen LogP contribution in [-0.2, 0) is 19.1 Å². The van der Waals surface area contributed by atoms with Crippen LogP contribution in [-0.4, -0.2) is 41.6 Å². The van der Waals surface area contributed by atoms with Crippen LogP contribution in [0.4, 0.5) is 0 Å². The van der Waals surface area contributed by atoms with Gasteiger partial charge in [0.05, 0.1) is 0 Å². The largest absolute Gasteiger partial charge is 0.480 e. The lowest BCUT2D eigenvalue weighted by molar-refractivity contribution is -0.149. The Hall–Kier alpha value is -1.67. The van der Waals surface area contributed by atoms with E-state index < -0.39 is 36.5 Å². The zero-order valence-corrected chi connectivity index (χ0v) is 8.59. The number of carbonyl (C=O) groups is 3. The molecule has 0 spiro atoms. The maximum Gasteiger partial charge on any atom is 0.324 e. The summed E-state index contributed by atoms with van der Waals surface area (Å²) in [5.74, 6) is -2.66. The molecule has 0 fully saturated rings. The summed E-state index contributed by atoms with van der Waals surface area (Å²) >= 11 is 0. The predicted molar refractivity (Wildman–Crippen MR) is 53.0 cm³/mol. The molecule has 8 nitrogen and oxygen atoms in total. The zero-order valence-electron chi connectivity index (χ0n) is 8.59. The lowest BCUT2D eigenvalue weighted by Crippen LogP contribution is -2.39. The van der Waals surface area contributed by atoms with Gasteiger partial charge in [-0.2, -0.15) is 0 Å². The smallest absolute Gasteiger partial charge is 0.324 e. The number of hydrogen-bond donors (Lipinski definition) is 4. The first-order valence-corrected chi connectivity index (χ1v) is 4.53. The van der Waals surface area contributed by atoms with Gasteiger partial charge in [0.15, 0.2) is 0 Å². The van der Waals surface area contributed by atoms with Gasteiger partial charge in [0.2, 0.25) is 5.91 Å². The summed E-state index contributed by atoms with van der Waals surface area (Å²) in [6, 6.07) is -2.29. The molecule has 0 aliphatic heterocycles. The van der Waals surface area contributed by atoms with Gasteiger partial charge in [-0.25, -0.2) is 0 Å². The molecule has 0 heterocycles. The van der Waals surface area contributed by atoms with Crippen LogP contribution in [0.1, 0.15) is 12.8 Å². The molecule has 0 unspecified atom stereocenters. The number of carboxylic acids is 1. The van der Waals surface area contributed by atoms with Gasteiger partial charge in [0.1, 0.15) is 18.7 Å². The fourth-order valence-corrected chi connectivity index (χ4v) is 0.766. The van der Waals surface area contributed by atoms with Crippen LogP contribution in [0.5, 0.6) is 0 Å². The van der Waals surface area contributed by atoms with Crippen LogP contribution in [0.15, 0.2) is 0 Å². The second-order valence-electron chi connectivity index (χ2n) is 3.19. The monoisotopic (exact) mass is 233 g/mol. The van der Waals surface area contributed by atoms with E-state index in [9.17, 15) is 14.4 Å². The number of primary amides is 1. The van der Waals surface area contributed by atoms with E-state index in [1.807, 2.05) is 0 Å². The van der Waals surface area contributed by atoms with Gasteiger partial charge in [-0.15, -0.1) is 0 Å². The van der Waals surface area contributed by atoms with E-state index in [0.29, 0.717) is 0 Å². The van der Waals surface area contributed by atoms with Crippen LogP contribution >= 0.6 is 0 Å². The Bertz CT molecular complexity index is 281. The number of aliphatic carboxylic acids is 1.